The van der Waals surface area contributed by atoms with E-state index in [0.29, 0.717) is 22.1 Å². The topological polar surface area (TPSA) is 91.8 Å². The van der Waals surface area contributed by atoms with Gasteiger partial charge in [0.2, 0.25) is 0 Å². The maximum atomic E-state index is 12.9. The summed E-state index contributed by atoms with van der Waals surface area (Å²) in [6, 6.07) is 1.38. The number of H-pyrrole nitrogens is 1. The lowest BCUT2D eigenvalue weighted by atomic mass is 10.2. The fraction of sp³-hybridized carbons (Fsp3) is 0.739. The smallest absolute Gasteiger partial charge is 0.335 e. The molecule has 8 nitrogen and oxygen atoms in total. The van der Waals surface area contributed by atoms with Crippen LogP contribution in [0, 0.1) is 0 Å². The first kappa shape index (κ1) is 29.2. The molecule has 35 heavy (non-hydrogen) atoms. The van der Waals surface area contributed by atoms with E-state index >= 15 is 0 Å². The summed E-state index contributed by atoms with van der Waals surface area (Å²) < 4.78 is 29.6. The third-order valence-corrected chi connectivity index (χ3v) is 17.8. The predicted molar refractivity (Wildman–Crippen MR) is 149 cm³/mol. The van der Waals surface area contributed by atoms with Gasteiger partial charge in [0.25, 0.3) is 5.56 Å². The lowest BCUT2D eigenvalue weighted by Crippen LogP contribution is -2.65. The molecule has 198 valence electrons. The van der Waals surface area contributed by atoms with Crippen molar-refractivity contribution in [3.63, 3.8) is 0 Å². The molecule has 0 spiro atoms. The van der Waals surface area contributed by atoms with Crippen molar-refractivity contribution in [3.8, 4) is 0 Å². The maximum absolute atomic E-state index is 12.9. The Balaban J connectivity index is 2.09. The van der Waals surface area contributed by atoms with Crippen LogP contribution in [0.1, 0.15) is 73.7 Å². The van der Waals surface area contributed by atoms with Crippen molar-refractivity contribution in [2.24, 2.45) is 0 Å². The molecule has 0 bridgehead atoms. The Hall–Kier alpha value is -0.346. The normalized spacial score (nSPS) is 26.2. The Morgan fingerprint density at radius 1 is 1.00 bits per heavy atom. The molecule has 2 fully saturated rings. The molecule has 0 radical (unpaired) electrons. The van der Waals surface area contributed by atoms with Gasteiger partial charge >= 0.3 is 22.8 Å². The fourth-order valence-corrected chi connectivity index (χ4v) is 17.0. The zero-order valence-electron chi connectivity index (χ0n) is 21.8. The van der Waals surface area contributed by atoms with Gasteiger partial charge in [0.1, 0.15) is 12.3 Å². The molecule has 3 atom stereocenters. The average molecular weight is 655 g/mol. The van der Waals surface area contributed by atoms with Gasteiger partial charge in [0, 0.05) is 12.5 Å². The van der Waals surface area contributed by atoms with Crippen LogP contribution in [-0.2, 0) is 17.7 Å². The van der Waals surface area contributed by atoms with Crippen LogP contribution in [0.25, 0.3) is 6.08 Å². The molecule has 0 amide bonds. The van der Waals surface area contributed by atoms with Crippen LogP contribution in [0.4, 0.5) is 0 Å². The van der Waals surface area contributed by atoms with Gasteiger partial charge in [-0.1, -0.05) is 55.4 Å². The second-order valence-corrected chi connectivity index (χ2v) is 22.3. The zero-order valence-corrected chi connectivity index (χ0v) is 26.9. The predicted octanol–water partition coefficient (Wildman–Crippen LogP) is 5.87. The van der Waals surface area contributed by atoms with Gasteiger partial charge < -0.3 is 17.7 Å². The quantitative estimate of drug-likeness (QED) is 0.386. The van der Waals surface area contributed by atoms with E-state index in [2.05, 4.69) is 92.2 Å². The molecule has 2 aliphatic rings. The minimum Gasteiger partial charge on any atom is -0.414 e. The summed E-state index contributed by atoms with van der Waals surface area (Å²) in [7, 11) is -5.45. The van der Waals surface area contributed by atoms with Crippen LogP contribution in [0.15, 0.2) is 19.0 Å². The number of halogens is 2. The van der Waals surface area contributed by atoms with Crippen LogP contribution in [-0.4, -0.2) is 45.5 Å². The van der Waals surface area contributed by atoms with Crippen molar-refractivity contribution in [2.45, 2.75) is 102 Å². The average Bonchev–Trinajstić information content (AvgIpc) is 3.07. The van der Waals surface area contributed by atoms with E-state index in [1.807, 2.05) is 0 Å². The standard InChI is InChI=1S/C23H38Br2N2O6Si2/c1-13(2)34(14(3)4)30-12-19-18(32-35(33-34,15(5)6)16(7)8)11-22(31-19)27-17(9-20(24)25)10-21(28)26-23(27)29/h9-10,13-16,18-19,22H,11-12H2,1-8H3,(H,26,28,29)/t18-,19+,22-/m0/s1. The summed E-state index contributed by atoms with van der Waals surface area (Å²) in [6.07, 6.45) is 0.877. The summed E-state index contributed by atoms with van der Waals surface area (Å²) in [5.74, 6) is 0. The van der Waals surface area contributed by atoms with Crippen LogP contribution in [0.2, 0.25) is 22.2 Å². The van der Waals surface area contributed by atoms with Crippen molar-refractivity contribution >= 4 is 55.1 Å². The number of hydrogen-bond donors (Lipinski definition) is 1. The molecule has 0 saturated carbocycles. The highest BCUT2D eigenvalue weighted by Gasteiger charge is 2.60. The van der Waals surface area contributed by atoms with Crippen molar-refractivity contribution in [2.75, 3.05) is 6.61 Å². The molecule has 2 aliphatic heterocycles. The molecule has 1 aromatic rings. The van der Waals surface area contributed by atoms with Crippen LogP contribution in [0.3, 0.4) is 0 Å². The first-order valence-electron chi connectivity index (χ1n) is 12.3. The van der Waals surface area contributed by atoms with E-state index < -0.39 is 34.6 Å². The Morgan fingerprint density at radius 2 is 1.57 bits per heavy atom. The maximum Gasteiger partial charge on any atom is 0.335 e. The molecule has 12 heteroatoms. The molecule has 3 heterocycles. The lowest BCUT2D eigenvalue weighted by molar-refractivity contribution is -0.0567. The van der Waals surface area contributed by atoms with E-state index in [1.54, 1.807) is 6.08 Å². The Labute approximate surface area is 226 Å². The summed E-state index contributed by atoms with van der Waals surface area (Å²) in [5, 5.41) is 0. The Bertz CT molecular complexity index is 1040. The van der Waals surface area contributed by atoms with Gasteiger partial charge in [0.05, 0.1) is 21.8 Å². The second-order valence-electron chi connectivity index (χ2n) is 10.7. The molecular formula is C23H38Br2N2O6Si2. The van der Waals surface area contributed by atoms with E-state index in [0.717, 1.165) is 0 Å². The van der Waals surface area contributed by atoms with Crippen molar-refractivity contribution in [3.05, 3.63) is 36.0 Å². The number of rotatable bonds is 6. The number of nitrogens with zero attached hydrogens (tertiary/aromatic N) is 1. The van der Waals surface area contributed by atoms with E-state index in [4.69, 9.17) is 17.7 Å². The van der Waals surface area contributed by atoms with Crippen LogP contribution >= 0.6 is 31.9 Å². The highest BCUT2D eigenvalue weighted by atomic mass is 79.9. The van der Waals surface area contributed by atoms with E-state index in [1.165, 1.54) is 10.6 Å². The highest BCUT2D eigenvalue weighted by molar-refractivity contribution is 9.28. The SMILES string of the molecule is CC(C)[Si]1(C(C)C)OC[C@H]2O[C@H](n3c(C=C(Br)Br)cc(=O)[nH]c3=O)C[C@@H]2O[Si](C(C)C)(C(C)C)O1. The number of hydrogen-bond acceptors (Lipinski definition) is 6. The number of aromatic nitrogens is 2. The zero-order chi connectivity index (χ0) is 26.3. The number of nitrogens with one attached hydrogen (secondary N) is 1. The van der Waals surface area contributed by atoms with Gasteiger partial charge in [-0.05, 0) is 60.1 Å². The summed E-state index contributed by atoms with van der Waals surface area (Å²) in [6.45, 7) is 17.8. The summed E-state index contributed by atoms with van der Waals surface area (Å²) >= 11 is 6.66. The molecule has 1 N–H and O–H groups in total. The van der Waals surface area contributed by atoms with E-state index in [-0.39, 0.29) is 34.4 Å². The number of fused-ring (bicyclic) bond motifs is 1. The third-order valence-electron chi connectivity index (χ3n) is 7.08. The first-order chi connectivity index (χ1) is 16.2. The van der Waals surface area contributed by atoms with Gasteiger partial charge in [-0.2, -0.15) is 0 Å². The molecular weight excluding hydrogens is 616 g/mol. The molecule has 0 aliphatic carbocycles. The van der Waals surface area contributed by atoms with Gasteiger partial charge in [-0.25, -0.2) is 4.79 Å². The number of aromatic amines is 1. The molecule has 1 aromatic heterocycles. The Morgan fingerprint density at radius 3 is 2.09 bits per heavy atom. The third kappa shape index (κ3) is 5.74. The second kappa shape index (κ2) is 11.2. The van der Waals surface area contributed by atoms with Crippen molar-refractivity contribution in [1.82, 2.24) is 9.55 Å². The molecule has 3 rings (SSSR count). The van der Waals surface area contributed by atoms with Gasteiger partial charge in [0.15, 0.2) is 0 Å². The molecule has 0 aromatic carbocycles. The van der Waals surface area contributed by atoms with Gasteiger partial charge in [-0.15, -0.1) is 0 Å². The van der Waals surface area contributed by atoms with Gasteiger partial charge in [-0.3, -0.25) is 14.3 Å². The van der Waals surface area contributed by atoms with Crippen LogP contribution in [0.5, 0.6) is 0 Å². The lowest BCUT2D eigenvalue weighted by Gasteiger charge is -2.51. The molecule has 2 saturated heterocycles. The highest BCUT2D eigenvalue weighted by Crippen LogP contribution is 2.48. The summed E-state index contributed by atoms with van der Waals surface area (Å²) in [4.78, 5) is 27.3. The minimum atomic E-state index is -2.78. The first-order valence-corrected chi connectivity index (χ1v) is 17.8. The largest absolute Gasteiger partial charge is 0.414 e. The minimum absolute atomic E-state index is 0.201. The fourth-order valence-electron chi connectivity index (χ4n) is 5.34. The summed E-state index contributed by atoms with van der Waals surface area (Å²) in [5.41, 5.74) is 0.317. The molecule has 0 unspecified atom stereocenters. The Kier molecular flexibility index (Phi) is 9.33. The van der Waals surface area contributed by atoms with Crippen LogP contribution < -0.4 is 11.2 Å². The van der Waals surface area contributed by atoms with E-state index in [9.17, 15) is 9.59 Å². The van der Waals surface area contributed by atoms with Crippen molar-refractivity contribution in [1.29, 1.82) is 0 Å². The number of ether oxygens (including phenoxy) is 1. The monoisotopic (exact) mass is 652 g/mol. The van der Waals surface area contributed by atoms with Crippen molar-refractivity contribution < 1.29 is 17.7 Å².